The van der Waals surface area contributed by atoms with Crippen molar-refractivity contribution in [1.82, 2.24) is 25.3 Å². The molecule has 1 aromatic rings. The maximum atomic E-state index is 12.2. The minimum absolute atomic E-state index is 0.206. The van der Waals surface area contributed by atoms with E-state index in [1.54, 1.807) is 0 Å². The van der Waals surface area contributed by atoms with Gasteiger partial charge >= 0.3 is 6.09 Å². The van der Waals surface area contributed by atoms with Crippen LogP contribution in [0.2, 0.25) is 0 Å². The summed E-state index contributed by atoms with van der Waals surface area (Å²) >= 11 is 0. The van der Waals surface area contributed by atoms with Crippen LogP contribution in [0.1, 0.15) is 58.3 Å². The van der Waals surface area contributed by atoms with Crippen LogP contribution in [-0.4, -0.2) is 65.1 Å². The Bertz CT molecular complexity index is 699. The van der Waals surface area contributed by atoms with Crippen molar-refractivity contribution in [3.8, 4) is 0 Å². The highest BCUT2D eigenvalue weighted by molar-refractivity contribution is 5.79. The summed E-state index contributed by atoms with van der Waals surface area (Å²) in [6, 6.07) is 2.10. The summed E-state index contributed by atoms with van der Waals surface area (Å²) in [7, 11) is 0. The third-order valence-corrected chi connectivity index (χ3v) is 5.06. The second-order valence-corrected chi connectivity index (χ2v) is 9.06. The quantitative estimate of drug-likeness (QED) is 0.402. The van der Waals surface area contributed by atoms with Gasteiger partial charge in [0.05, 0.1) is 5.69 Å². The van der Waals surface area contributed by atoms with Crippen LogP contribution in [0, 0.1) is 19.8 Å². The number of hydrogen-bond acceptors (Lipinski definition) is 4. The fourth-order valence-electron chi connectivity index (χ4n) is 3.52. The van der Waals surface area contributed by atoms with E-state index in [2.05, 4.69) is 40.3 Å². The Morgan fingerprint density at radius 1 is 1.27 bits per heavy atom. The molecular formula is C22H40N6O2. The molecule has 0 saturated carbocycles. The molecule has 0 atom stereocenters. The molecule has 1 aromatic heterocycles. The molecule has 1 aliphatic heterocycles. The number of aromatic nitrogens is 2. The molecule has 1 fully saturated rings. The molecule has 0 radical (unpaired) electrons. The highest BCUT2D eigenvalue weighted by atomic mass is 16.6. The normalized spacial score (nSPS) is 15.9. The number of likely N-dealkylation sites (tertiary alicyclic amines) is 1. The number of amides is 1. The zero-order valence-corrected chi connectivity index (χ0v) is 19.6. The highest BCUT2D eigenvalue weighted by Crippen LogP contribution is 2.20. The minimum atomic E-state index is -0.445. The van der Waals surface area contributed by atoms with Gasteiger partial charge in [0.15, 0.2) is 5.96 Å². The molecule has 2 rings (SSSR count). The number of guanidine groups is 1. The molecule has 8 nitrogen and oxygen atoms in total. The Morgan fingerprint density at radius 3 is 2.53 bits per heavy atom. The molecule has 1 amide bonds. The summed E-state index contributed by atoms with van der Waals surface area (Å²) in [4.78, 5) is 18.8. The molecule has 0 aromatic carbocycles. The van der Waals surface area contributed by atoms with E-state index in [-0.39, 0.29) is 6.09 Å². The van der Waals surface area contributed by atoms with Gasteiger partial charge in [-0.05, 0) is 72.8 Å². The van der Waals surface area contributed by atoms with Gasteiger partial charge in [-0.15, -0.1) is 0 Å². The minimum Gasteiger partial charge on any atom is -0.444 e. The molecule has 2 heterocycles. The van der Waals surface area contributed by atoms with E-state index in [0.717, 1.165) is 70.2 Å². The Kier molecular flexibility index (Phi) is 8.99. The van der Waals surface area contributed by atoms with Crippen molar-refractivity contribution in [3.05, 3.63) is 17.5 Å². The first-order valence-corrected chi connectivity index (χ1v) is 11.2. The van der Waals surface area contributed by atoms with E-state index in [1.165, 1.54) is 5.69 Å². The predicted molar refractivity (Wildman–Crippen MR) is 121 cm³/mol. The first-order chi connectivity index (χ1) is 14.2. The lowest BCUT2D eigenvalue weighted by Gasteiger charge is -2.33. The molecule has 1 saturated heterocycles. The number of nitrogens with one attached hydrogen (secondary N) is 2. The summed E-state index contributed by atoms with van der Waals surface area (Å²) in [6.45, 7) is 16.7. The average molecular weight is 421 g/mol. The Balaban J connectivity index is 1.72. The summed E-state index contributed by atoms with van der Waals surface area (Å²) in [5.74, 6) is 1.36. The molecule has 1 aliphatic rings. The van der Waals surface area contributed by atoms with E-state index >= 15 is 0 Å². The van der Waals surface area contributed by atoms with Gasteiger partial charge in [0.1, 0.15) is 5.60 Å². The molecule has 30 heavy (non-hydrogen) atoms. The standard InChI is InChI=1S/C22H40N6O2/c1-7-23-20(24-11-8-12-28-18(3)15-17(2)26-28)25-16-19-9-13-27(14-10-19)21(29)30-22(4,5)6/h15,19H,7-14,16H2,1-6H3,(H2,23,24,25). The van der Waals surface area contributed by atoms with Gasteiger partial charge in [-0.2, -0.15) is 5.10 Å². The van der Waals surface area contributed by atoms with Crippen LogP contribution in [0.25, 0.3) is 0 Å². The van der Waals surface area contributed by atoms with Gasteiger partial charge in [0.25, 0.3) is 0 Å². The monoisotopic (exact) mass is 420 g/mol. The van der Waals surface area contributed by atoms with Gasteiger partial charge < -0.3 is 20.3 Å². The lowest BCUT2D eigenvalue weighted by Crippen LogP contribution is -2.42. The van der Waals surface area contributed by atoms with Crippen molar-refractivity contribution in [2.45, 2.75) is 73.0 Å². The summed E-state index contributed by atoms with van der Waals surface area (Å²) in [5, 5.41) is 11.2. The summed E-state index contributed by atoms with van der Waals surface area (Å²) in [6.07, 6.45) is 2.70. The van der Waals surface area contributed by atoms with E-state index in [0.29, 0.717) is 5.92 Å². The molecule has 0 aliphatic carbocycles. The van der Waals surface area contributed by atoms with E-state index < -0.39 is 5.60 Å². The number of carbonyl (C=O) groups excluding carboxylic acids is 1. The Hall–Kier alpha value is -2.25. The molecule has 0 bridgehead atoms. The maximum Gasteiger partial charge on any atom is 0.410 e. The SMILES string of the molecule is CCNC(=NCC1CCN(C(=O)OC(C)(C)C)CC1)NCCCn1nc(C)cc1C. The van der Waals surface area contributed by atoms with Gasteiger partial charge in [0.2, 0.25) is 0 Å². The Labute approximate surface area is 181 Å². The highest BCUT2D eigenvalue weighted by Gasteiger charge is 2.26. The molecular weight excluding hydrogens is 380 g/mol. The van der Waals surface area contributed by atoms with Gasteiger partial charge in [-0.25, -0.2) is 4.79 Å². The second-order valence-electron chi connectivity index (χ2n) is 9.06. The third kappa shape index (κ3) is 8.24. The molecule has 8 heteroatoms. The number of rotatable bonds is 7. The molecule has 2 N–H and O–H groups in total. The number of ether oxygens (including phenoxy) is 1. The topological polar surface area (TPSA) is 83.8 Å². The van der Waals surface area contributed by atoms with Crippen molar-refractivity contribution in [3.63, 3.8) is 0 Å². The van der Waals surface area contributed by atoms with Crippen LogP contribution >= 0.6 is 0 Å². The van der Waals surface area contributed by atoms with Crippen LogP contribution in [0.4, 0.5) is 4.79 Å². The number of hydrogen-bond donors (Lipinski definition) is 2. The van der Waals surface area contributed by atoms with Crippen molar-refractivity contribution < 1.29 is 9.53 Å². The van der Waals surface area contributed by atoms with E-state index in [1.807, 2.05) is 32.6 Å². The van der Waals surface area contributed by atoms with E-state index in [4.69, 9.17) is 9.73 Å². The zero-order valence-electron chi connectivity index (χ0n) is 19.6. The maximum absolute atomic E-state index is 12.2. The van der Waals surface area contributed by atoms with Crippen LogP contribution in [0.15, 0.2) is 11.1 Å². The van der Waals surface area contributed by atoms with Crippen molar-refractivity contribution >= 4 is 12.1 Å². The number of nitrogens with zero attached hydrogens (tertiary/aromatic N) is 4. The van der Waals surface area contributed by atoms with Crippen molar-refractivity contribution in [2.75, 3.05) is 32.7 Å². The number of piperidine rings is 1. The number of aryl methyl sites for hydroxylation is 3. The first-order valence-electron chi connectivity index (χ1n) is 11.2. The third-order valence-electron chi connectivity index (χ3n) is 5.06. The first kappa shape index (κ1) is 24.0. The van der Waals surface area contributed by atoms with Crippen LogP contribution < -0.4 is 10.6 Å². The predicted octanol–water partition coefficient (Wildman–Crippen LogP) is 3.09. The Morgan fingerprint density at radius 2 is 1.97 bits per heavy atom. The number of carbonyl (C=O) groups is 1. The zero-order chi connectivity index (χ0) is 22.1. The molecule has 170 valence electrons. The lowest BCUT2D eigenvalue weighted by molar-refractivity contribution is 0.0187. The fraction of sp³-hybridized carbons (Fsp3) is 0.773. The van der Waals surface area contributed by atoms with E-state index in [9.17, 15) is 4.79 Å². The lowest BCUT2D eigenvalue weighted by atomic mass is 9.97. The van der Waals surface area contributed by atoms with Crippen LogP contribution in [0.3, 0.4) is 0 Å². The van der Waals surface area contributed by atoms with Gasteiger partial charge in [-0.1, -0.05) is 0 Å². The van der Waals surface area contributed by atoms with Crippen LogP contribution in [-0.2, 0) is 11.3 Å². The largest absolute Gasteiger partial charge is 0.444 e. The summed E-state index contributed by atoms with van der Waals surface area (Å²) < 4.78 is 7.53. The van der Waals surface area contributed by atoms with Crippen molar-refractivity contribution in [2.24, 2.45) is 10.9 Å². The van der Waals surface area contributed by atoms with Gasteiger partial charge in [0, 0.05) is 45.0 Å². The average Bonchev–Trinajstić information content (AvgIpc) is 2.99. The van der Waals surface area contributed by atoms with Crippen LogP contribution in [0.5, 0.6) is 0 Å². The second kappa shape index (κ2) is 11.2. The summed E-state index contributed by atoms with van der Waals surface area (Å²) in [5.41, 5.74) is 1.82. The fourth-order valence-corrected chi connectivity index (χ4v) is 3.52. The molecule has 0 unspecified atom stereocenters. The van der Waals surface area contributed by atoms with Gasteiger partial charge in [-0.3, -0.25) is 9.67 Å². The smallest absolute Gasteiger partial charge is 0.410 e. The molecule has 0 spiro atoms. The number of aliphatic imine (C=N–C) groups is 1. The van der Waals surface area contributed by atoms with Crippen molar-refractivity contribution in [1.29, 1.82) is 0 Å².